The molecule has 1 aromatic heterocycles. The molecule has 100 valence electrons. The van der Waals surface area contributed by atoms with Gasteiger partial charge in [-0.2, -0.15) is 4.57 Å². The number of fused-ring (bicyclic) bond motifs is 1. The Labute approximate surface area is 129 Å². The lowest BCUT2D eigenvalue weighted by molar-refractivity contribution is -0.673. The van der Waals surface area contributed by atoms with Gasteiger partial charge in [-0.1, -0.05) is 18.3 Å². The molecular weight excluding hydrogens is 361 g/mol. The fourth-order valence-corrected chi connectivity index (χ4v) is 3.21. The van der Waals surface area contributed by atoms with Gasteiger partial charge in [-0.05, 0) is 12.1 Å². The van der Waals surface area contributed by atoms with Crippen molar-refractivity contribution in [3.8, 4) is 11.5 Å². The van der Waals surface area contributed by atoms with E-state index in [4.69, 9.17) is 9.47 Å². The number of halogens is 1. The summed E-state index contributed by atoms with van der Waals surface area (Å²) < 4.78 is 14.3. The van der Waals surface area contributed by atoms with Crippen LogP contribution in [0.3, 0.4) is 0 Å². The first-order chi connectivity index (χ1) is 8.22. The van der Waals surface area contributed by atoms with Crippen LogP contribution in [0.2, 0.25) is 0 Å². The number of thiazole rings is 1. The maximum Gasteiger partial charge on any atom is 0.269 e. The number of aryl methyl sites for hydroxylation is 2. The summed E-state index contributed by atoms with van der Waals surface area (Å²) in [5.41, 5.74) is 1.15. The van der Waals surface area contributed by atoms with Crippen LogP contribution in [0.25, 0.3) is 10.2 Å². The molecule has 2 rings (SSSR count). The van der Waals surface area contributed by atoms with E-state index in [-0.39, 0.29) is 24.0 Å². The third kappa shape index (κ3) is 2.56. The second-order valence-corrected chi connectivity index (χ2v) is 5.12. The predicted octanol–water partition coefficient (Wildman–Crippen LogP) is -0.0716. The Bertz CT molecular complexity index is 539. The van der Waals surface area contributed by atoms with Crippen LogP contribution in [0.4, 0.5) is 0 Å². The van der Waals surface area contributed by atoms with Crippen molar-refractivity contribution in [1.29, 1.82) is 0 Å². The topological polar surface area (TPSA) is 22.3 Å². The maximum absolute atomic E-state index is 5.46. The largest absolute Gasteiger partial charge is 1.00 e. The molecule has 18 heavy (non-hydrogen) atoms. The summed E-state index contributed by atoms with van der Waals surface area (Å²) in [5.74, 6) is 1.84. The van der Waals surface area contributed by atoms with E-state index in [1.807, 2.05) is 12.1 Å². The third-order valence-electron chi connectivity index (χ3n) is 2.85. The summed E-state index contributed by atoms with van der Waals surface area (Å²) in [7, 11) is 3.42. The smallest absolute Gasteiger partial charge is 0.269 e. The van der Waals surface area contributed by atoms with E-state index in [1.54, 1.807) is 25.6 Å². The highest BCUT2D eigenvalue weighted by molar-refractivity contribution is 7.18. The van der Waals surface area contributed by atoms with Crippen LogP contribution in [0.1, 0.15) is 18.4 Å². The normalized spacial score (nSPS) is 10.2. The van der Waals surface area contributed by atoms with Gasteiger partial charge < -0.3 is 33.5 Å². The van der Waals surface area contributed by atoms with Crippen LogP contribution >= 0.6 is 11.3 Å². The van der Waals surface area contributed by atoms with Gasteiger partial charge in [0.05, 0.1) is 14.2 Å². The molecule has 0 unspecified atom stereocenters. The minimum absolute atomic E-state index is 0. The zero-order valence-corrected chi connectivity index (χ0v) is 14.1. The lowest BCUT2D eigenvalue weighted by Gasteiger charge is -2.03. The molecule has 2 aromatic rings. The molecule has 1 aromatic carbocycles. The van der Waals surface area contributed by atoms with Crippen molar-refractivity contribution in [3.63, 3.8) is 0 Å². The van der Waals surface area contributed by atoms with Crippen LogP contribution in [0.5, 0.6) is 11.5 Å². The van der Waals surface area contributed by atoms with E-state index in [2.05, 4.69) is 18.4 Å². The van der Waals surface area contributed by atoms with E-state index < -0.39 is 0 Å². The van der Waals surface area contributed by atoms with Crippen LogP contribution in [-0.4, -0.2) is 14.2 Å². The lowest BCUT2D eigenvalue weighted by atomic mass is 10.2. The van der Waals surface area contributed by atoms with Crippen molar-refractivity contribution >= 4 is 21.6 Å². The van der Waals surface area contributed by atoms with Crippen molar-refractivity contribution in [3.05, 3.63) is 17.1 Å². The molecule has 5 heteroatoms. The summed E-state index contributed by atoms with van der Waals surface area (Å²) >= 11 is 1.76. The van der Waals surface area contributed by atoms with Gasteiger partial charge in [0.25, 0.3) is 5.52 Å². The molecule has 1 heterocycles. The average molecular weight is 379 g/mol. The molecule has 3 nitrogen and oxygen atoms in total. The summed E-state index contributed by atoms with van der Waals surface area (Å²) in [6, 6.07) is 3.94. The molecule has 0 spiro atoms. The molecule has 0 radical (unpaired) electrons. The Morgan fingerprint density at radius 1 is 1.17 bits per heavy atom. The Morgan fingerprint density at radius 3 is 2.33 bits per heavy atom. The second-order valence-electron chi connectivity index (χ2n) is 3.92. The average Bonchev–Trinajstić information content (AvgIpc) is 2.66. The second kappa shape index (κ2) is 6.56. The Hall–Kier alpha value is -0.560. The first-order valence-electron chi connectivity index (χ1n) is 5.76. The summed E-state index contributed by atoms with van der Waals surface area (Å²) in [5, 5.41) is 1.28. The third-order valence-corrected chi connectivity index (χ3v) is 3.96. The van der Waals surface area contributed by atoms with Gasteiger partial charge in [-0.3, -0.25) is 0 Å². The fourth-order valence-electron chi connectivity index (χ4n) is 2.07. The van der Waals surface area contributed by atoms with Crippen LogP contribution < -0.4 is 38.0 Å². The van der Waals surface area contributed by atoms with E-state index in [1.165, 1.54) is 5.01 Å². The number of aromatic nitrogens is 1. The van der Waals surface area contributed by atoms with Crippen LogP contribution in [-0.2, 0) is 6.54 Å². The minimum atomic E-state index is 0. The number of hydrogen-bond acceptors (Lipinski definition) is 3. The van der Waals surface area contributed by atoms with E-state index in [9.17, 15) is 0 Å². The minimum Gasteiger partial charge on any atom is -1.00 e. The summed E-state index contributed by atoms with van der Waals surface area (Å²) in [4.78, 5) is 0. The van der Waals surface area contributed by atoms with Crippen molar-refractivity contribution in [1.82, 2.24) is 0 Å². The van der Waals surface area contributed by atoms with Gasteiger partial charge in [0, 0.05) is 13.3 Å². The zero-order chi connectivity index (χ0) is 12.4. The molecular formula is C13H18INO2S. The number of rotatable bonds is 4. The molecule has 0 fully saturated rings. The lowest BCUT2D eigenvalue weighted by Crippen LogP contribution is -3.00. The summed E-state index contributed by atoms with van der Waals surface area (Å²) in [6.07, 6.45) is 1.11. The van der Waals surface area contributed by atoms with Gasteiger partial charge in [-0.15, -0.1) is 0 Å². The quantitative estimate of drug-likeness (QED) is 0.548. The Kier molecular flexibility index (Phi) is 5.65. The molecule has 0 saturated heterocycles. The van der Waals surface area contributed by atoms with Gasteiger partial charge in [0.15, 0.2) is 10.4 Å². The standard InChI is InChI=1S/C13H18NO2S.HI/c1-5-8-14-9(2)17-13-11(16-4)7-6-10(15-3)12(13)14;/h6-7H,5,8H2,1-4H3;1H/q+1;/p-1. The molecule has 0 amide bonds. The number of benzene rings is 1. The van der Waals surface area contributed by atoms with Gasteiger partial charge in [0.1, 0.15) is 12.3 Å². The van der Waals surface area contributed by atoms with Gasteiger partial charge in [0.2, 0.25) is 5.01 Å². The SMILES string of the molecule is CCC[n+]1c(C)sc2c(OC)ccc(OC)c21.[I-]. The monoisotopic (exact) mass is 379 g/mol. The maximum atomic E-state index is 5.46. The van der Waals surface area contributed by atoms with E-state index in [0.717, 1.165) is 34.7 Å². The first-order valence-corrected chi connectivity index (χ1v) is 6.58. The molecule has 0 aliphatic carbocycles. The highest BCUT2D eigenvalue weighted by Crippen LogP contribution is 2.35. The van der Waals surface area contributed by atoms with Crippen molar-refractivity contribution in [2.75, 3.05) is 14.2 Å². The fraction of sp³-hybridized carbons (Fsp3) is 0.462. The molecule has 0 N–H and O–H groups in total. The predicted molar refractivity (Wildman–Crippen MR) is 70.2 cm³/mol. The number of methoxy groups -OCH3 is 2. The Balaban J connectivity index is 0.00000162. The molecule has 0 atom stereocenters. The molecule has 0 saturated carbocycles. The van der Waals surface area contributed by atoms with Crippen molar-refractivity contribution in [2.45, 2.75) is 26.8 Å². The van der Waals surface area contributed by atoms with E-state index >= 15 is 0 Å². The number of ether oxygens (including phenoxy) is 2. The first kappa shape index (κ1) is 15.5. The van der Waals surface area contributed by atoms with Gasteiger partial charge >= 0.3 is 0 Å². The molecule has 0 aliphatic heterocycles. The van der Waals surface area contributed by atoms with Gasteiger partial charge in [-0.25, -0.2) is 0 Å². The van der Waals surface area contributed by atoms with E-state index in [0.29, 0.717) is 0 Å². The molecule has 0 aliphatic rings. The zero-order valence-electron chi connectivity index (χ0n) is 11.1. The highest BCUT2D eigenvalue weighted by atomic mass is 127. The molecule has 0 bridgehead atoms. The Morgan fingerprint density at radius 2 is 1.78 bits per heavy atom. The highest BCUT2D eigenvalue weighted by Gasteiger charge is 2.23. The summed E-state index contributed by atoms with van der Waals surface area (Å²) in [6.45, 7) is 5.33. The number of nitrogens with zero attached hydrogens (tertiary/aromatic N) is 1. The van der Waals surface area contributed by atoms with Crippen molar-refractivity contribution in [2.24, 2.45) is 0 Å². The van der Waals surface area contributed by atoms with Crippen LogP contribution in [0.15, 0.2) is 12.1 Å². The van der Waals surface area contributed by atoms with Crippen LogP contribution in [0, 0.1) is 6.92 Å². The van der Waals surface area contributed by atoms with Crippen molar-refractivity contribution < 1.29 is 38.0 Å². The number of hydrogen-bond donors (Lipinski definition) is 0.